The molecule has 0 aromatic carbocycles. The Balaban J connectivity index is 1.89. The van der Waals surface area contributed by atoms with Crippen molar-refractivity contribution in [3.63, 3.8) is 0 Å². The first-order valence-corrected chi connectivity index (χ1v) is 6.62. The molecule has 2 aromatic heterocycles. The maximum absolute atomic E-state index is 12.4. The summed E-state index contributed by atoms with van der Waals surface area (Å²) in [5.41, 5.74) is 4.54. The summed E-state index contributed by atoms with van der Waals surface area (Å²) in [5, 5.41) is 3.73. The summed E-state index contributed by atoms with van der Waals surface area (Å²) in [6.07, 6.45) is -1.60. The van der Waals surface area contributed by atoms with E-state index in [0.29, 0.717) is 0 Å². The number of carbonyl (C=O) groups excluding carboxylic acids is 1. The Morgan fingerprint density at radius 1 is 1.33 bits per heavy atom. The van der Waals surface area contributed by atoms with E-state index in [2.05, 4.69) is 20.3 Å². The molecule has 0 aliphatic carbocycles. The highest BCUT2D eigenvalue weighted by Gasteiger charge is 2.33. The van der Waals surface area contributed by atoms with Crippen molar-refractivity contribution in [1.29, 1.82) is 0 Å². The number of nitrogens with two attached hydrogens (primary N) is 1. The quantitative estimate of drug-likeness (QED) is 0.891. The number of nitrogen functional groups attached to an aromatic ring is 1. The first-order valence-electron chi connectivity index (χ1n) is 5.74. The lowest BCUT2D eigenvalue weighted by Gasteiger charge is -2.04. The van der Waals surface area contributed by atoms with E-state index < -0.39 is 17.8 Å². The van der Waals surface area contributed by atoms with Gasteiger partial charge in [-0.25, -0.2) is 15.0 Å². The van der Waals surface area contributed by atoms with Crippen LogP contribution >= 0.6 is 11.3 Å². The van der Waals surface area contributed by atoms with Crippen LogP contribution < -0.4 is 11.1 Å². The minimum absolute atomic E-state index is 0.0105. The Labute approximate surface area is 121 Å². The van der Waals surface area contributed by atoms with Gasteiger partial charge in [-0.15, -0.1) is 11.3 Å². The normalized spacial score (nSPS) is 11.4. The predicted molar refractivity (Wildman–Crippen MR) is 69.6 cm³/mol. The topological polar surface area (TPSA) is 93.8 Å². The number of hydrogen-bond acceptors (Lipinski definition) is 6. The largest absolute Gasteiger partial charge is 0.434 e. The fraction of sp³-hybridized carbons (Fsp3) is 0.273. The Hall–Kier alpha value is -2.23. The molecule has 0 spiro atoms. The second-order valence-corrected chi connectivity index (χ2v) is 4.86. The molecule has 21 heavy (non-hydrogen) atoms. The molecule has 0 unspecified atom stereocenters. The number of anilines is 1. The lowest BCUT2D eigenvalue weighted by atomic mass is 10.3. The summed E-state index contributed by atoms with van der Waals surface area (Å²) in [7, 11) is 0. The third kappa shape index (κ3) is 3.88. The third-order valence-electron chi connectivity index (χ3n) is 2.41. The molecule has 0 saturated heterocycles. The number of carbonyl (C=O) groups is 1. The van der Waals surface area contributed by atoms with Gasteiger partial charge in [-0.2, -0.15) is 13.2 Å². The number of rotatable bonds is 4. The molecular weight excluding hydrogens is 307 g/mol. The Morgan fingerprint density at radius 2 is 2.05 bits per heavy atom. The summed E-state index contributed by atoms with van der Waals surface area (Å²) in [4.78, 5) is 22.7. The molecule has 6 nitrogen and oxygen atoms in total. The van der Waals surface area contributed by atoms with Crippen LogP contribution in [0.4, 0.5) is 19.0 Å². The standard InChI is InChI=1S/C11H10F3N5OS/c12-11(13,14)6-5-21-7(19-6)1-2-18-10(20)8-9(15)17-4-3-16-8/h3-5H,1-2H2,(H2,15,17)(H,18,20). The summed E-state index contributed by atoms with van der Waals surface area (Å²) in [5.74, 6) is -0.545. The van der Waals surface area contributed by atoms with Gasteiger partial charge in [0.2, 0.25) is 0 Å². The number of nitrogens with one attached hydrogen (secondary N) is 1. The van der Waals surface area contributed by atoms with E-state index >= 15 is 0 Å². The molecular formula is C11H10F3N5OS. The minimum Gasteiger partial charge on any atom is -0.382 e. The zero-order valence-electron chi connectivity index (χ0n) is 10.5. The average Bonchev–Trinajstić information content (AvgIpc) is 2.88. The van der Waals surface area contributed by atoms with Gasteiger partial charge in [0, 0.05) is 30.7 Å². The van der Waals surface area contributed by atoms with E-state index in [9.17, 15) is 18.0 Å². The predicted octanol–water partition coefficient (Wildman–Crippen LogP) is 1.51. The van der Waals surface area contributed by atoms with Crippen LogP contribution in [-0.2, 0) is 12.6 Å². The van der Waals surface area contributed by atoms with Crippen LogP contribution in [0, 0.1) is 0 Å². The summed E-state index contributed by atoms with van der Waals surface area (Å²) in [6.45, 7) is 0.125. The number of halogens is 3. The smallest absolute Gasteiger partial charge is 0.382 e. The maximum atomic E-state index is 12.4. The molecule has 0 saturated carbocycles. The van der Waals surface area contributed by atoms with E-state index in [4.69, 9.17) is 5.73 Å². The number of thiazole rings is 1. The van der Waals surface area contributed by atoms with Crippen LogP contribution in [0.5, 0.6) is 0 Å². The lowest BCUT2D eigenvalue weighted by Crippen LogP contribution is -2.27. The average molecular weight is 317 g/mol. The van der Waals surface area contributed by atoms with E-state index in [-0.39, 0.29) is 29.5 Å². The molecule has 0 fully saturated rings. The van der Waals surface area contributed by atoms with Gasteiger partial charge < -0.3 is 11.1 Å². The van der Waals surface area contributed by atoms with Gasteiger partial charge in [0.05, 0.1) is 5.01 Å². The molecule has 0 bridgehead atoms. The highest BCUT2D eigenvalue weighted by molar-refractivity contribution is 7.09. The zero-order chi connectivity index (χ0) is 15.5. The molecule has 0 aliphatic rings. The number of hydrogen-bond donors (Lipinski definition) is 2. The highest BCUT2D eigenvalue weighted by atomic mass is 32.1. The molecule has 1 amide bonds. The second kappa shape index (κ2) is 6.04. The van der Waals surface area contributed by atoms with Crippen LogP contribution in [-0.4, -0.2) is 27.4 Å². The van der Waals surface area contributed by atoms with Crippen LogP contribution in [0.15, 0.2) is 17.8 Å². The second-order valence-electron chi connectivity index (χ2n) is 3.92. The minimum atomic E-state index is -4.45. The molecule has 0 atom stereocenters. The fourth-order valence-corrected chi connectivity index (χ4v) is 2.25. The Morgan fingerprint density at radius 3 is 2.67 bits per heavy atom. The molecule has 112 valence electrons. The zero-order valence-corrected chi connectivity index (χ0v) is 11.3. The van der Waals surface area contributed by atoms with Gasteiger partial charge in [0.1, 0.15) is 0 Å². The molecule has 10 heteroatoms. The number of amides is 1. The van der Waals surface area contributed by atoms with Crippen molar-refractivity contribution >= 4 is 23.1 Å². The SMILES string of the molecule is Nc1nccnc1C(=O)NCCc1nc(C(F)(F)F)cs1. The van der Waals surface area contributed by atoms with Crippen molar-refractivity contribution in [3.8, 4) is 0 Å². The third-order valence-corrected chi connectivity index (χ3v) is 3.32. The van der Waals surface area contributed by atoms with Gasteiger partial charge in [-0.3, -0.25) is 4.79 Å². The maximum Gasteiger partial charge on any atom is 0.434 e. The van der Waals surface area contributed by atoms with Crippen LogP contribution in [0.25, 0.3) is 0 Å². The number of alkyl halides is 3. The van der Waals surface area contributed by atoms with Crippen molar-refractivity contribution in [2.24, 2.45) is 0 Å². The summed E-state index contributed by atoms with van der Waals surface area (Å²) in [6, 6.07) is 0. The van der Waals surface area contributed by atoms with Gasteiger partial charge >= 0.3 is 6.18 Å². The van der Waals surface area contributed by atoms with Gasteiger partial charge in [0.15, 0.2) is 17.2 Å². The molecule has 2 heterocycles. The van der Waals surface area contributed by atoms with E-state index in [0.717, 1.165) is 16.7 Å². The van der Waals surface area contributed by atoms with Crippen LogP contribution in [0.1, 0.15) is 21.2 Å². The monoisotopic (exact) mass is 317 g/mol. The van der Waals surface area contributed by atoms with E-state index in [1.807, 2.05) is 0 Å². The number of aromatic nitrogens is 3. The highest BCUT2D eigenvalue weighted by Crippen LogP contribution is 2.29. The van der Waals surface area contributed by atoms with Gasteiger partial charge in [-0.05, 0) is 0 Å². The summed E-state index contributed by atoms with van der Waals surface area (Å²) >= 11 is 0.892. The first kappa shape index (κ1) is 15.2. The van der Waals surface area contributed by atoms with Crippen molar-refractivity contribution in [1.82, 2.24) is 20.3 Å². The molecule has 2 rings (SSSR count). The molecule has 0 radical (unpaired) electrons. The summed E-state index contributed by atoms with van der Waals surface area (Å²) < 4.78 is 37.1. The van der Waals surface area contributed by atoms with E-state index in [1.165, 1.54) is 12.4 Å². The Bertz CT molecular complexity index is 643. The molecule has 0 aliphatic heterocycles. The fourth-order valence-electron chi connectivity index (χ4n) is 1.45. The number of nitrogens with zero attached hydrogens (tertiary/aromatic N) is 3. The lowest BCUT2D eigenvalue weighted by molar-refractivity contribution is -0.140. The van der Waals surface area contributed by atoms with Crippen molar-refractivity contribution in [3.05, 3.63) is 34.2 Å². The van der Waals surface area contributed by atoms with Gasteiger partial charge in [-0.1, -0.05) is 0 Å². The first-order chi connectivity index (χ1) is 9.88. The Kier molecular flexibility index (Phi) is 4.36. The van der Waals surface area contributed by atoms with Crippen molar-refractivity contribution in [2.75, 3.05) is 12.3 Å². The van der Waals surface area contributed by atoms with Crippen molar-refractivity contribution < 1.29 is 18.0 Å². The van der Waals surface area contributed by atoms with Gasteiger partial charge in [0.25, 0.3) is 5.91 Å². The molecule has 3 N–H and O–H groups in total. The van der Waals surface area contributed by atoms with Crippen molar-refractivity contribution in [2.45, 2.75) is 12.6 Å². The van der Waals surface area contributed by atoms with Crippen LogP contribution in [0.2, 0.25) is 0 Å². The van der Waals surface area contributed by atoms with Crippen LogP contribution in [0.3, 0.4) is 0 Å². The molecule has 2 aromatic rings. The van der Waals surface area contributed by atoms with E-state index in [1.54, 1.807) is 0 Å².